The highest BCUT2D eigenvalue weighted by molar-refractivity contribution is 9.10. The normalized spacial score (nSPS) is 10.1. The zero-order valence-corrected chi connectivity index (χ0v) is 11.6. The molecule has 2 aromatic carbocycles. The minimum absolute atomic E-state index is 0.597. The quantitative estimate of drug-likeness (QED) is 0.860. The van der Waals surface area contributed by atoms with Crippen molar-refractivity contribution in [3.63, 3.8) is 0 Å². The molecule has 0 heterocycles. The van der Waals surface area contributed by atoms with Gasteiger partial charge >= 0.3 is 0 Å². The van der Waals surface area contributed by atoms with Crippen molar-refractivity contribution in [2.45, 2.75) is 6.92 Å². The number of anilines is 1. The van der Waals surface area contributed by atoms with Crippen LogP contribution in [-0.2, 0) is 0 Å². The summed E-state index contributed by atoms with van der Waals surface area (Å²) in [5, 5.41) is 0. The smallest absolute Gasteiger partial charge is 0.133 e. The predicted molar refractivity (Wildman–Crippen MR) is 76.2 cm³/mol. The molecule has 94 valence electrons. The third-order valence-electron chi connectivity index (χ3n) is 2.25. The molecule has 0 amide bonds. The topological polar surface area (TPSA) is 44.5 Å². The van der Waals surface area contributed by atoms with Gasteiger partial charge in [-0.2, -0.15) is 0 Å². The maximum atomic E-state index is 5.80. The second kappa shape index (κ2) is 5.78. The SMILES string of the molecule is CCOc1cc(N)cc(Oc2cccc(Br)c2)c1. The average molecular weight is 308 g/mol. The summed E-state index contributed by atoms with van der Waals surface area (Å²) in [7, 11) is 0. The standard InChI is InChI=1S/C14H14BrNO2/c1-2-17-13-7-11(16)8-14(9-13)18-12-5-3-4-10(15)6-12/h3-9H,2,16H2,1H3. The van der Waals surface area contributed by atoms with E-state index in [0.29, 0.717) is 23.8 Å². The largest absolute Gasteiger partial charge is 0.494 e. The minimum atomic E-state index is 0.597. The van der Waals surface area contributed by atoms with Crippen molar-refractivity contribution in [2.24, 2.45) is 0 Å². The van der Waals surface area contributed by atoms with Crippen molar-refractivity contribution in [1.29, 1.82) is 0 Å². The molecule has 3 nitrogen and oxygen atoms in total. The molecule has 0 aliphatic heterocycles. The van der Waals surface area contributed by atoms with Gasteiger partial charge in [-0.3, -0.25) is 0 Å². The lowest BCUT2D eigenvalue weighted by Gasteiger charge is -2.09. The van der Waals surface area contributed by atoms with Crippen LogP contribution in [0.1, 0.15) is 6.92 Å². The first-order chi connectivity index (χ1) is 8.67. The predicted octanol–water partition coefficient (Wildman–Crippen LogP) is 4.22. The Balaban J connectivity index is 2.23. The van der Waals surface area contributed by atoms with Crippen LogP contribution >= 0.6 is 15.9 Å². The molecule has 0 fully saturated rings. The molecule has 2 aromatic rings. The molecule has 0 aliphatic carbocycles. The van der Waals surface area contributed by atoms with Crippen LogP contribution in [0.3, 0.4) is 0 Å². The Bertz CT molecular complexity index is 543. The van der Waals surface area contributed by atoms with Gasteiger partial charge in [0.15, 0.2) is 0 Å². The van der Waals surface area contributed by atoms with Gasteiger partial charge in [-0.05, 0) is 25.1 Å². The van der Waals surface area contributed by atoms with E-state index >= 15 is 0 Å². The van der Waals surface area contributed by atoms with Crippen molar-refractivity contribution < 1.29 is 9.47 Å². The van der Waals surface area contributed by atoms with E-state index in [2.05, 4.69) is 15.9 Å². The molecule has 0 bridgehead atoms. The number of nitrogen functional groups attached to an aromatic ring is 1. The fourth-order valence-corrected chi connectivity index (χ4v) is 1.95. The van der Waals surface area contributed by atoms with E-state index < -0.39 is 0 Å². The molecule has 0 unspecified atom stereocenters. The van der Waals surface area contributed by atoms with Crippen molar-refractivity contribution in [3.8, 4) is 17.2 Å². The molecular formula is C14H14BrNO2. The van der Waals surface area contributed by atoms with Gasteiger partial charge in [-0.25, -0.2) is 0 Å². The third-order valence-corrected chi connectivity index (χ3v) is 2.74. The molecule has 2 rings (SSSR count). The van der Waals surface area contributed by atoms with Crippen LogP contribution in [0.5, 0.6) is 17.2 Å². The van der Waals surface area contributed by atoms with Crippen LogP contribution in [0.15, 0.2) is 46.9 Å². The second-order valence-electron chi connectivity index (χ2n) is 3.73. The molecule has 0 saturated carbocycles. The van der Waals surface area contributed by atoms with Gasteiger partial charge in [-0.1, -0.05) is 22.0 Å². The monoisotopic (exact) mass is 307 g/mol. The number of hydrogen-bond acceptors (Lipinski definition) is 3. The first-order valence-electron chi connectivity index (χ1n) is 5.64. The van der Waals surface area contributed by atoms with Gasteiger partial charge in [0, 0.05) is 28.4 Å². The molecule has 2 N–H and O–H groups in total. The summed E-state index contributed by atoms with van der Waals surface area (Å²) in [5.74, 6) is 2.12. The van der Waals surface area contributed by atoms with Crippen molar-refractivity contribution in [1.82, 2.24) is 0 Å². The molecule has 0 saturated heterocycles. The maximum absolute atomic E-state index is 5.80. The molecule has 0 atom stereocenters. The summed E-state index contributed by atoms with van der Waals surface area (Å²) in [6.45, 7) is 2.53. The van der Waals surface area contributed by atoms with Crippen molar-refractivity contribution >= 4 is 21.6 Å². The Morgan fingerprint density at radius 2 is 1.83 bits per heavy atom. The Morgan fingerprint density at radius 3 is 2.56 bits per heavy atom. The number of benzene rings is 2. The Hall–Kier alpha value is -1.68. The van der Waals surface area contributed by atoms with Crippen molar-refractivity contribution in [3.05, 3.63) is 46.9 Å². The fourth-order valence-electron chi connectivity index (χ4n) is 1.57. The van der Waals surface area contributed by atoms with Gasteiger partial charge in [0.2, 0.25) is 0 Å². The molecule has 18 heavy (non-hydrogen) atoms. The zero-order valence-electron chi connectivity index (χ0n) is 10.0. The highest BCUT2D eigenvalue weighted by Crippen LogP contribution is 2.29. The average Bonchev–Trinajstić information content (AvgIpc) is 2.28. The summed E-state index contributed by atoms with van der Waals surface area (Å²) in [4.78, 5) is 0. The first kappa shape index (κ1) is 12.8. The zero-order chi connectivity index (χ0) is 13.0. The van der Waals surface area contributed by atoms with Gasteiger partial charge in [0.05, 0.1) is 6.61 Å². The molecule has 0 radical (unpaired) electrons. The lowest BCUT2D eigenvalue weighted by molar-refractivity contribution is 0.338. The number of halogens is 1. The Morgan fingerprint density at radius 1 is 1.06 bits per heavy atom. The van der Waals surface area contributed by atoms with E-state index in [1.165, 1.54) is 0 Å². The molecule has 0 aromatic heterocycles. The van der Waals surface area contributed by atoms with E-state index in [1.54, 1.807) is 12.1 Å². The van der Waals surface area contributed by atoms with Gasteiger partial charge in [0.25, 0.3) is 0 Å². The van der Waals surface area contributed by atoms with Gasteiger partial charge < -0.3 is 15.2 Å². The number of nitrogens with two attached hydrogens (primary N) is 1. The molecule has 0 spiro atoms. The van der Waals surface area contributed by atoms with Crippen LogP contribution in [0.2, 0.25) is 0 Å². The van der Waals surface area contributed by atoms with E-state index in [0.717, 1.165) is 10.2 Å². The lowest BCUT2D eigenvalue weighted by atomic mass is 10.3. The highest BCUT2D eigenvalue weighted by Gasteiger charge is 2.03. The second-order valence-corrected chi connectivity index (χ2v) is 4.65. The number of rotatable bonds is 4. The van der Waals surface area contributed by atoms with E-state index in [1.807, 2.05) is 37.3 Å². The summed E-state index contributed by atoms with van der Waals surface area (Å²) in [5.41, 5.74) is 6.42. The Labute approximate surface area is 115 Å². The van der Waals surface area contributed by atoms with E-state index in [9.17, 15) is 0 Å². The first-order valence-corrected chi connectivity index (χ1v) is 6.43. The summed E-state index contributed by atoms with van der Waals surface area (Å²) in [6.07, 6.45) is 0. The maximum Gasteiger partial charge on any atom is 0.133 e. The van der Waals surface area contributed by atoms with Gasteiger partial charge in [0.1, 0.15) is 17.2 Å². The highest BCUT2D eigenvalue weighted by atomic mass is 79.9. The fraction of sp³-hybridized carbons (Fsp3) is 0.143. The van der Waals surface area contributed by atoms with E-state index in [-0.39, 0.29) is 0 Å². The van der Waals surface area contributed by atoms with Crippen LogP contribution in [-0.4, -0.2) is 6.61 Å². The van der Waals surface area contributed by atoms with Crippen LogP contribution in [0.25, 0.3) is 0 Å². The van der Waals surface area contributed by atoms with Gasteiger partial charge in [-0.15, -0.1) is 0 Å². The summed E-state index contributed by atoms with van der Waals surface area (Å²) >= 11 is 3.40. The number of ether oxygens (including phenoxy) is 2. The van der Waals surface area contributed by atoms with Crippen LogP contribution < -0.4 is 15.2 Å². The van der Waals surface area contributed by atoms with Crippen LogP contribution in [0.4, 0.5) is 5.69 Å². The molecule has 0 aliphatic rings. The summed E-state index contributed by atoms with van der Waals surface area (Å²) < 4.78 is 12.1. The summed E-state index contributed by atoms with van der Waals surface area (Å²) in [6, 6.07) is 13.0. The third kappa shape index (κ3) is 3.40. The minimum Gasteiger partial charge on any atom is -0.494 e. The lowest BCUT2D eigenvalue weighted by Crippen LogP contribution is -1.94. The van der Waals surface area contributed by atoms with Crippen LogP contribution in [0, 0.1) is 0 Å². The van der Waals surface area contributed by atoms with E-state index in [4.69, 9.17) is 15.2 Å². The molecule has 4 heteroatoms. The van der Waals surface area contributed by atoms with Crippen molar-refractivity contribution in [2.75, 3.05) is 12.3 Å². The Kier molecular flexibility index (Phi) is 4.10. The number of hydrogen-bond donors (Lipinski definition) is 1. The molecular weight excluding hydrogens is 294 g/mol.